The van der Waals surface area contributed by atoms with Crippen LogP contribution in [-0.2, 0) is 0 Å². The molecular weight excluding hydrogens is 468 g/mol. The number of hydrogen-bond acceptors (Lipinski definition) is 7. The average Bonchev–Trinajstić information content (AvgIpc) is 3.16. The maximum Gasteiger partial charge on any atom is 0.226 e. The van der Waals surface area contributed by atoms with Gasteiger partial charge in [-0.05, 0) is 19.4 Å². The van der Waals surface area contributed by atoms with Crippen LogP contribution in [0.15, 0.2) is 36.9 Å². The molecule has 0 bridgehead atoms. The van der Waals surface area contributed by atoms with Gasteiger partial charge in [0.2, 0.25) is 5.95 Å². The predicted octanol–water partition coefficient (Wildman–Crippen LogP) is 5.10. The monoisotopic (exact) mass is 483 g/mol. The average molecular weight is 484 g/mol. The molecule has 0 spiro atoms. The third-order valence-electron chi connectivity index (χ3n) is 5.55. The Balaban J connectivity index is 1.46. The highest BCUT2D eigenvalue weighted by Gasteiger charge is 2.30. The van der Waals surface area contributed by atoms with Gasteiger partial charge in [0.05, 0.1) is 21.6 Å². The molecule has 1 unspecified atom stereocenters. The number of pyridine rings is 1. The number of benzene rings is 1. The SMILES string of the molecule is C[C@@H](Oc1cc2c(-c3cnc(N4CCC4C#N)nc3)n[nH]c2cc1F)c1c(Cl)cncc1Cl. The number of aromatic nitrogens is 5. The van der Waals surface area contributed by atoms with Gasteiger partial charge in [-0.25, -0.2) is 14.4 Å². The van der Waals surface area contributed by atoms with Gasteiger partial charge < -0.3 is 9.64 Å². The van der Waals surface area contributed by atoms with Crippen LogP contribution in [0.2, 0.25) is 10.0 Å². The Hall–Kier alpha value is -3.48. The Morgan fingerprint density at radius 1 is 1.21 bits per heavy atom. The van der Waals surface area contributed by atoms with E-state index in [1.807, 2.05) is 4.90 Å². The summed E-state index contributed by atoms with van der Waals surface area (Å²) in [5, 5.41) is 17.6. The molecule has 11 heteroatoms. The van der Waals surface area contributed by atoms with E-state index in [4.69, 9.17) is 33.2 Å². The van der Waals surface area contributed by atoms with Crippen LogP contribution in [-0.4, -0.2) is 37.7 Å². The zero-order chi connectivity index (χ0) is 23.1. The summed E-state index contributed by atoms with van der Waals surface area (Å²) in [6, 6.07) is 4.90. The van der Waals surface area contributed by atoms with E-state index in [-0.39, 0.29) is 11.8 Å². The van der Waals surface area contributed by atoms with Gasteiger partial charge in [0.1, 0.15) is 17.8 Å². The molecule has 1 fully saturated rings. The number of halogens is 3. The van der Waals surface area contributed by atoms with E-state index in [2.05, 4.69) is 31.2 Å². The molecule has 5 rings (SSSR count). The molecule has 1 N–H and O–H groups in total. The number of nitriles is 1. The van der Waals surface area contributed by atoms with E-state index >= 15 is 0 Å². The van der Waals surface area contributed by atoms with Crippen LogP contribution in [0.4, 0.5) is 10.3 Å². The van der Waals surface area contributed by atoms with Gasteiger partial charge in [0, 0.05) is 53.9 Å². The van der Waals surface area contributed by atoms with Crippen molar-refractivity contribution in [1.29, 1.82) is 5.26 Å². The summed E-state index contributed by atoms with van der Waals surface area (Å²) >= 11 is 12.4. The molecule has 33 heavy (non-hydrogen) atoms. The van der Waals surface area contributed by atoms with Crippen LogP contribution in [0.25, 0.3) is 22.2 Å². The number of aromatic amines is 1. The molecule has 3 aromatic heterocycles. The topological polar surface area (TPSA) is 104 Å². The van der Waals surface area contributed by atoms with Crippen LogP contribution in [0.5, 0.6) is 5.75 Å². The largest absolute Gasteiger partial charge is 0.483 e. The first-order valence-corrected chi connectivity index (χ1v) is 10.8. The molecule has 0 aliphatic carbocycles. The summed E-state index contributed by atoms with van der Waals surface area (Å²) in [5.41, 5.74) is 2.21. The lowest BCUT2D eigenvalue weighted by Crippen LogP contribution is -2.47. The minimum absolute atomic E-state index is 0.0246. The number of nitrogens with one attached hydrogen (secondary N) is 1. The van der Waals surface area contributed by atoms with E-state index < -0.39 is 11.9 Å². The molecule has 8 nitrogen and oxygen atoms in total. The molecule has 1 saturated heterocycles. The fourth-order valence-electron chi connectivity index (χ4n) is 3.74. The normalized spacial score (nSPS) is 16.3. The highest BCUT2D eigenvalue weighted by Crippen LogP contribution is 2.36. The molecule has 2 atom stereocenters. The molecule has 1 aromatic carbocycles. The van der Waals surface area contributed by atoms with E-state index in [9.17, 15) is 4.39 Å². The number of ether oxygens (including phenoxy) is 1. The second kappa shape index (κ2) is 8.46. The molecule has 1 aliphatic rings. The second-order valence-electron chi connectivity index (χ2n) is 7.58. The smallest absolute Gasteiger partial charge is 0.226 e. The molecule has 166 valence electrons. The maximum atomic E-state index is 14.8. The van der Waals surface area contributed by atoms with Crippen molar-refractivity contribution < 1.29 is 9.13 Å². The van der Waals surface area contributed by atoms with E-state index in [0.29, 0.717) is 43.7 Å². The fraction of sp³-hybridized carbons (Fsp3) is 0.227. The number of fused-ring (bicyclic) bond motifs is 1. The summed E-state index contributed by atoms with van der Waals surface area (Å²) in [7, 11) is 0. The predicted molar refractivity (Wildman–Crippen MR) is 122 cm³/mol. The molecule has 0 amide bonds. The van der Waals surface area contributed by atoms with Crippen molar-refractivity contribution in [2.45, 2.75) is 25.5 Å². The number of rotatable bonds is 5. The van der Waals surface area contributed by atoms with Gasteiger partial charge in [-0.15, -0.1) is 0 Å². The zero-order valence-electron chi connectivity index (χ0n) is 17.3. The molecule has 1 aliphatic heterocycles. The van der Waals surface area contributed by atoms with Gasteiger partial charge in [0.15, 0.2) is 11.6 Å². The first-order chi connectivity index (χ1) is 16.0. The lowest BCUT2D eigenvalue weighted by Gasteiger charge is -2.36. The van der Waals surface area contributed by atoms with Crippen LogP contribution in [0, 0.1) is 17.1 Å². The minimum Gasteiger partial charge on any atom is -0.483 e. The van der Waals surface area contributed by atoms with Gasteiger partial charge in [-0.2, -0.15) is 10.4 Å². The molecule has 0 saturated carbocycles. The standard InChI is InChI=1S/C22H16Cl2FN7O/c1-11(20-15(23)9-27-10-16(20)24)33-19-4-14-18(5-17(19)25)30-31-21(14)12-7-28-22(29-8-12)32-3-2-13(32)6-26/h4-5,7-11,13H,2-3H2,1H3,(H,30,31)/t11-,13?/m1/s1. The van der Waals surface area contributed by atoms with Crippen molar-refractivity contribution in [3.05, 3.63) is 58.3 Å². The van der Waals surface area contributed by atoms with Gasteiger partial charge in [0.25, 0.3) is 0 Å². The summed E-state index contributed by atoms with van der Waals surface area (Å²) in [4.78, 5) is 14.5. The van der Waals surface area contributed by atoms with Crippen LogP contribution in [0.3, 0.4) is 0 Å². The third kappa shape index (κ3) is 3.81. The summed E-state index contributed by atoms with van der Waals surface area (Å²) in [5.74, 6) is -0.0410. The van der Waals surface area contributed by atoms with Crippen molar-refractivity contribution >= 4 is 40.1 Å². The third-order valence-corrected chi connectivity index (χ3v) is 6.16. The van der Waals surface area contributed by atoms with E-state index in [0.717, 1.165) is 13.0 Å². The van der Waals surface area contributed by atoms with Crippen molar-refractivity contribution in [3.8, 4) is 23.1 Å². The Kier molecular flexibility index (Phi) is 5.48. The zero-order valence-corrected chi connectivity index (χ0v) is 18.8. The van der Waals surface area contributed by atoms with Gasteiger partial charge in [-0.3, -0.25) is 10.1 Å². The first kappa shape index (κ1) is 21.4. The molecule has 0 radical (unpaired) electrons. The first-order valence-electron chi connectivity index (χ1n) is 10.1. The Morgan fingerprint density at radius 3 is 2.58 bits per heavy atom. The van der Waals surface area contributed by atoms with Crippen molar-refractivity contribution in [2.24, 2.45) is 0 Å². The molecular formula is C22H16Cl2FN7O. The Labute approximate surface area is 198 Å². The number of hydrogen-bond donors (Lipinski definition) is 1. The number of anilines is 1. The maximum absolute atomic E-state index is 14.8. The van der Waals surface area contributed by atoms with Crippen molar-refractivity contribution in [3.63, 3.8) is 0 Å². The fourth-order valence-corrected chi connectivity index (χ4v) is 4.41. The summed E-state index contributed by atoms with van der Waals surface area (Å²) < 4.78 is 20.6. The van der Waals surface area contributed by atoms with E-state index in [1.165, 1.54) is 18.5 Å². The molecule has 4 aromatic rings. The Morgan fingerprint density at radius 2 is 1.94 bits per heavy atom. The van der Waals surface area contributed by atoms with Crippen LogP contribution >= 0.6 is 23.2 Å². The van der Waals surface area contributed by atoms with Crippen molar-refractivity contribution in [2.75, 3.05) is 11.4 Å². The van der Waals surface area contributed by atoms with Crippen LogP contribution in [0.1, 0.15) is 25.0 Å². The summed E-state index contributed by atoms with van der Waals surface area (Å²) in [6.07, 6.45) is 6.36. The highest BCUT2D eigenvalue weighted by molar-refractivity contribution is 6.35. The quantitative estimate of drug-likeness (QED) is 0.420. The van der Waals surface area contributed by atoms with E-state index in [1.54, 1.807) is 25.4 Å². The van der Waals surface area contributed by atoms with Crippen molar-refractivity contribution in [1.82, 2.24) is 25.1 Å². The Bertz CT molecular complexity index is 1370. The lowest BCUT2D eigenvalue weighted by molar-refractivity contribution is 0.217. The van der Waals surface area contributed by atoms with Crippen LogP contribution < -0.4 is 9.64 Å². The lowest BCUT2D eigenvalue weighted by atomic mass is 10.1. The highest BCUT2D eigenvalue weighted by atomic mass is 35.5. The minimum atomic E-state index is -0.623. The molecule has 4 heterocycles. The van der Waals surface area contributed by atoms with Gasteiger partial charge >= 0.3 is 0 Å². The van der Waals surface area contributed by atoms with Gasteiger partial charge in [-0.1, -0.05) is 23.2 Å². The summed E-state index contributed by atoms with van der Waals surface area (Å²) in [6.45, 7) is 2.47. The number of nitrogens with zero attached hydrogens (tertiary/aromatic N) is 6. The number of H-pyrrole nitrogens is 1. The second-order valence-corrected chi connectivity index (χ2v) is 8.39.